The highest BCUT2D eigenvalue weighted by molar-refractivity contribution is 6.15. The van der Waals surface area contributed by atoms with Crippen molar-refractivity contribution in [2.75, 3.05) is 13.1 Å². The molecule has 0 saturated carbocycles. The molecule has 2 aliphatic rings. The SMILES string of the molecule is O=C(c1cc2ccccc2c2cccnc12)N1C2CCNCC1CC2. The predicted molar refractivity (Wildman–Crippen MR) is 99.7 cm³/mol. The van der Waals surface area contributed by atoms with E-state index in [1.165, 1.54) is 0 Å². The van der Waals surface area contributed by atoms with Crippen molar-refractivity contribution in [3.05, 3.63) is 54.2 Å². The van der Waals surface area contributed by atoms with Gasteiger partial charge in [0, 0.05) is 30.2 Å². The molecule has 2 aromatic carbocycles. The minimum atomic E-state index is 0.144. The quantitative estimate of drug-likeness (QED) is 0.696. The second kappa shape index (κ2) is 5.81. The van der Waals surface area contributed by atoms with E-state index in [1.54, 1.807) is 6.20 Å². The van der Waals surface area contributed by atoms with Crippen molar-refractivity contribution in [2.24, 2.45) is 0 Å². The van der Waals surface area contributed by atoms with Crippen molar-refractivity contribution >= 4 is 27.6 Å². The molecule has 2 fully saturated rings. The van der Waals surface area contributed by atoms with Crippen LogP contribution in [0, 0.1) is 0 Å². The molecule has 126 valence electrons. The van der Waals surface area contributed by atoms with E-state index in [0.29, 0.717) is 12.1 Å². The van der Waals surface area contributed by atoms with Crippen LogP contribution < -0.4 is 5.32 Å². The largest absolute Gasteiger partial charge is 0.331 e. The lowest BCUT2D eigenvalue weighted by Gasteiger charge is -2.28. The number of carbonyl (C=O) groups excluding carboxylic acids is 1. The summed E-state index contributed by atoms with van der Waals surface area (Å²) in [6, 6.07) is 15.0. The molecule has 0 radical (unpaired) electrons. The van der Waals surface area contributed by atoms with Crippen LogP contribution in [0.5, 0.6) is 0 Å². The number of pyridine rings is 1. The Bertz CT molecular complexity index is 954. The molecule has 2 bridgehead atoms. The highest BCUT2D eigenvalue weighted by atomic mass is 16.2. The van der Waals surface area contributed by atoms with Gasteiger partial charge in [0.05, 0.1) is 11.1 Å². The summed E-state index contributed by atoms with van der Waals surface area (Å²) >= 11 is 0. The van der Waals surface area contributed by atoms with Gasteiger partial charge in [0.15, 0.2) is 0 Å². The molecule has 0 aliphatic carbocycles. The molecule has 0 spiro atoms. The van der Waals surface area contributed by atoms with Crippen LogP contribution >= 0.6 is 0 Å². The normalized spacial score (nSPS) is 23.1. The van der Waals surface area contributed by atoms with Gasteiger partial charge in [0.1, 0.15) is 0 Å². The van der Waals surface area contributed by atoms with Crippen molar-refractivity contribution in [3.8, 4) is 0 Å². The highest BCUT2D eigenvalue weighted by Crippen LogP contribution is 2.33. The third-order valence-electron chi connectivity index (χ3n) is 5.73. The van der Waals surface area contributed by atoms with Crippen LogP contribution in [0.2, 0.25) is 0 Å². The average Bonchev–Trinajstić information content (AvgIpc) is 2.93. The second-order valence-electron chi connectivity index (χ2n) is 7.14. The van der Waals surface area contributed by atoms with Gasteiger partial charge < -0.3 is 10.2 Å². The Labute approximate surface area is 146 Å². The van der Waals surface area contributed by atoms with Crippen molar-refractivity contribution < 1.29 is 4.79 Å². The van der Waals surface area contributed by atoms with Crippen LogP contribution in [0.25, 0.3) is 21.7 Å². The summed E-state index contributed by atoms with van der Waals surface area (Å²) < 4.78 is 0. The second-order valence-corrected chi connectivity index (χ2v) is 7.14. The van der Waals surface area contributed by atoms with Crippen molar-refractivity contribution in [1.82, 2.24) is 15.2 Å². The van der Waals surface area contributed by atoms with E-state index in [2.05, 4.69) is 33.4 Å². The van der Waals surface area contributed by atoms with Gasteiger partial charge in [-0.2, -0.15) is 0 Å². The fraction of sp³-hybridized carbons (Fsp3) is 0.333. The van der Waals surface area contributed by atoms with Crippen LogP contribution in [0.1, 0.15) is 29.6 Å². The number of benzene rings is 2. The van der Waals surface area contributed by atoms with Gasteiger partial charge in [-0.05, 0) is 48.7 Å². The molecular formula is C21H21N3O. The molecule has 2 unspecified atom stereocenters. The Balaban J connectivity index is 1.70. The van der Waals surface area contributed by atoms with Gasteiger partial charge in [-0.3, -0.25) is 9.78 Å². The monoisotopic (exact) mass is 331 g/mol. The maximum Gasteiger partial charge on any atom is 0.256 e. The zero-order valence-corrected chi connectivity index (χ0v) is 14.1. The Morgan fingerprint density at radius 2 is 1.88 bits per heavy atom. The molecule has 2 aliphatic heterocycles. The van der Waals surface area contributed by atoms with Gasteiger partial charge in [0.25, 0.3) is 5.91 Å². The Hall–Kier alpha value is -2.46. The topological polar surface area (TPSA) is 45.2 Å². The maximum absolute atomic E-state index is 13.5. The van der Waals surface area contributed by atoms with Crippen LogP contribution in [-0.4, -0.2) is 41.0 Å². The summed E-state index contributed by atoms with van der Waals surface area (Å²) in [5.41, 5.74) is 1.57. The Morgan fingerprint density at radius 1 is 1.04 bits per heavy atom. The van der Waals surface area contributed by atoms with Crippen LogP contribution in [0.15, 0.2) is 48.7 Å². The van der Waals surface area contributed by atoms with Crippen LogP contribution in [0.4, 0.5) is 0 Å². The maximum atomic E-state index is 13.5. The number of aromatic nitrogens is 1. The third kappa shape index (κ3) is 2.32. The van der Waals surface area contributed by atoms with Crippen molar-refractivity contribution in [2.45, 2.75) is 31.3 Å². The number of nitrogens with one attached hydrogen (secondary N) is 1. The number of rotatable bonds is 1. The average molecular weight is 331 g/mol. The molecule has 1 aromatic heterocycles. The van der Waals surface area contributed by atoms with Gasteiger partial charge in [-0.15, -0.1) is 0 Å². The summed E-state index contributed by atoms with van der Waals surface area (Å²) in [4.78, 5) is 20.2. The standard InChI is InChI=1S/C21H21N3O/c25-21(24-15-7-8-16(24)13-22-11-9-15)19-12-14-4-1-2-5-17(14)18-6-3-10-23-20(18)19/h1-6,10,12,15-16,22H,7-9,11,13H2. The first-order chi connectivity index (χ1) is 12.3. The van der Waals surface area contributed by atoms with E-state index < -0.39 is 0 Å². The molecule has 4 nitrogen and oxygen atoms in total. The summed E-state index contributed by atoms with van der Waals surface area (Å²) in [5.74, 6) is 0.144. The van der Waals surface area contributed by atoms with Gasteiger partial charge >= 0.3 is 0 Å². The van der Waals surface area contributed by atoms with E-state index in [1.807, 2.05) is 24.3 Å². The number of amides is 1. The Morgan fingerprint density at radius 3 is 2.84 bits per heavy atom. The van der Waals surface area contributed by atoms with E-state index in [0.717, 1.165) is 59.6 Å². The molecule has 4 heteroatoms. The first-order valence-electron chi connectivity index (χ1n) is 9.13. The first kappa shape index (κ1) is 14.8. The number of carbonyl (C=O) groups is 1. The third-order valence-corrected chi connectivity index (χ3v) is 5.73. The minimum Gasteiger partial charge on any atom is -0.331 e. The molecule has 25 heavy (non-hydrogen) atoms. The molecule has 2 atom stereocenters. The molecule has 5 rings (SSSR count). The van der Waals surface area contributed by atoms with Crippen molar-refractivity contribution in [1.29, 1.82) is 0 Å². The molecular weight excluding hydrogens is 310 g/mol. The van der Waals surface area contributed by atoms with E-state index in [-0.39, 0.29) is 5.91 Å². The molecule has 3 aromatic rings. The zero-order chi connectivity index (χ0) is 16.8. The number of hydrogen-bond donors (Lipinski definition) is 1. The lowest BCUT2D eigenvalue weighted by Crippen LogP contribution is -2.42. The van der Waals surface area contributed by atoms with Gasteiger partial charge in [-0.25, -0.2) is 0 Å². The molecule has 1 N–H and O–H groups in total. The van der Waals surface area contributed by atoms with Crippen molar-refractivity contribution in [3.63, 3.8) is 0 Å². The minimum absolute atomic E-state index is 0.144. The molecule has 1 amide bonds. The number of hydrogen-bond acceptors (Lipinski definition) is 3. The predicted octanol–water partition coefficient (Wildman–Crippen LogP) is 3.35. The fourth-order valence-corrected chi connectivity index (χ4v) is 4.55. The highest BCUT2D eigenvalue weighted by Gasteiger charge is 2.38. The summed E-state index contributed by atoms with van der Waals surface area (Å²) in [5, 5.41) is 6.79. The first-order valence-corrected chi connectivity index (χ1v) is 9.13. The van der Waals surface area contributed by atoms with Crippen LogP contribution in [0.3, 0.4) is 0 Å². The lowest BCUT2D eigenvalue weighted by molar-refractivity contribution is 0.0682. The Kier molecular flexibility index (Phi) is 3.45. The summed E-state index contributed by atoms with van der Waals surface area (Å²) in [6.45, 7) is 1.91. The molecule has 2 saturated heterocycles. The van der Waals surface area contributed by atoms with Crippen LogP contribution in [-0.2, 0) is 0 Å². The van der Waals surface area contributed by atoms with E-state index >= 15 is 0 Å². The number of nitrogens with zero attached hydrogens (tertiary/aromatic N) is 2. The zero-order valence-electron chi connectivity index (χ0n) is 14.1. The summed E-state index contributed by atoms with van der Waals surface area (Å²) in [7, 11) is 0. The number of fused-ring (bicyclic) bond motifs is 5. The van der Waals surface area contributed by atoms with Gasteiger partial charge in [-0.1, -0.05) is 30.3 Å². The molecule has 3 heterocycles. The van der Waals surface area contributed by atoms with E-state index in [9.17, 15) is 4.79 Å². The van der Waals surface area contributed by atoms with Gasteiger partial charge in [0.2, 0.25) is 0 Å². The summed E-state index contributed by atoms with van der Waals surface area (Å²) in [6.07, 6.45) is 5.05. The lowest BCUT2D eigenvalue weighted by atomic mass is 9.99. The fourth-order valence-electron chi connectivity index (χ4n) is 4.55. The smallest absolute Gasteiger partial charge is 0.256 e. The van der Waals surface area contributed by atoms with E-state index in [4.69, 9.17) is 0 Å².